The van der Waals surface area contributed by atoms with Crippen LogP contribution < -0.4 is 5.32 Å². The fourth-order valence-corrected chi connectivity index (χ4v) is 2.11. The Morgan fingerprint density at radius 3 is 2.56 bits per heavy atom. The van der Waals surface area contributed by atoms with Crippen molar-refractivity contribution in [2.75, 3.05) is 7.05 Å². The van der Waals surface area contributed by atoms with E-state index in [1.165, 1.54) is 43.4 Å². The van der Waals surface area contributed by atoms with Gasteiger partial charge in [-0.15, -0.1) is 6.58 Å². The Kier molecular flexibility index (Phi) is 7.35. The monoisotopic (exact) mass is 249 g/mol. The number of hydrogen-bond donors (Lipinski definition) is 1. The zero-order valence-electron chi connectivity index (χ0n) is 11.3. The van der Waals surface area contributed by atoms with Crippen molar-refractivity contribution in [3.8, 4) is 0 Å². The van der Waals surface area contributed by atoms with E-state index in [2.05, 4.69) is 11.9 Å². The number of benzene rings is 1. The van der Waals surface area contributed by atoms with Crippen molar-refractivity contribution in [1.29, 1.82) is 0 Å². The predicted molar refractivity (Wildman–Crippen MR) is 76.2 cm³/mol. The van der Waals surface area contributed by atoms with E-state index in [1.807, 2.05) is 25.3 Å². The molecule has 0 aliphatic carbocycles. The maximum absolute atomic E-state index is 12.8. The molecule has 1 rings (SSSR count). The van der Waals surface area contributed by atoms with E-state index < -0.39 is 0 Å². The molecule has 100 valence electrons. The summed E-state index contributed by atoms with van der Waals surface area (Å²) in [5.41, 5.74) is 1.20. The summed E-state index contributed by atoms with van der Waals surface area (Å²) in [7, 11) is 2.00. The number of rotatable bonds is 9. The third kappa shape index (κ3) is 5.97. The second-order valence-corrected chi connectivity index (χ2v) is 4.74. The van der Waals surface area contributed by atoms with Crippen molar-refractivity contribution >= 4 is 0 Å². The average molecular weight is 249 g/mol. The Morgan fingerprint density at radius 1 is 1.22 bits per heavy atom. The number of hydrogen-bond acceptors (Lipinski definition) is 1. The first-order valence-electron chi connectivity index (χ1n) is 6.79. The van der Waals surface area contributed by atoms with Crippen LogP contribution in [0.1, 0.15) is 37.7 Å². The summed E-state index contributed by atoms with van der Waals surface area (Å²) in [6, 6.07) is 7.30. The van der Waals surface area contributed by atoms with Crippen LogP contribution in [0.4, 0.5) is 4.39 Å². The molecule has 1 unspecified atom stereocenters. The zero-order chi connectivity index (χ0) is 13.2. The summed E-state index contributed by atoms with van der Waals surface area (Å²) >= 11 is 0. The van der Waals surface area contributed by atoms with Gasteiger partial charge in [0.25, 0.3) is 0 Å². The summed E-state index contributed by atoms with van der Waals surface area (Å²) in [6.45, 7) is 3.73. The molecule has 1 nitrogen and oxygen atoms in total. The summed E-state index contributed by atoms with van der Waals surface area (Å²) in [5, 5.41) is 3.34. The van der Waals surface area contributed by atoms with E-state index in [1.54, 1.807) is 0 Å². The fourth-order valence-electron chi connectivity index (χ4n) is 2.11. The van der Waals surface area contributed by atoms with Crippen LogP contribution in [0.15, 0.2) is 36.9 Å². The second-order valence-electron chi connectivity index (χ2n) is 4.74. The van der Waals surface area contributed by atoms with Crippen molar-refractivity contribution in [2.45, 2.75) is 44.6 Å². The topological polar surface area (TPSA) is 12.0 Å². The lowest BCUT2D eigenvalue weighted by molar-refractivity contribution is 0.486. The number of likely N-dealkylation sites (N-methyl/N-ethyl adjacent to an activating group) is 1. The summed E-state index contributed by atoms with van der Waals surface area (Å²) < 4.78 is 12.8. The first-order chi connectivity index (χ1) is 8.76. The maximum atomic E-state index is 12.8. The minimum absolute atomic E-state index is 0.163. The lowest BCUT2D eigenvalue weighted by atomic mass is 10.00. The van der Waals surface area contributed by atoms with E-state index >= 15 is 0 Å². The first-order valence-corrected chi connectivity index (χ1v) is 6.79. The maximum Gasteiger partial charge on any atom is 0.123 e. The van der Waals surface area contributed by atoms with Crippen LogP contribution in [0.25, 0.3) is 0 Å². The number of halogens is 1. The number of unbranched alkanes of at least 4 members (excludes halogenated alkanes) is 3. The van der Waals surface area contributed by atoms with E-state index in [9.17, 15) is 4.39 Å². The highest BCUT2D eigenvalue weighted by molar-refractivity contribution is 5.17. The third-order valence-corrected chi connectivity index (χ3v) is 3.26. The van der Waals surface area contributed by atoms with Crippen LogP contribution in [0.3, 0.4) is 0 Å². The smallest absolute Gasteiger partial charge is 0.123 e. The van der Waals surface area contributed by atoms with Crippen LogP contribution >= 0.6 is 0 Å². The standard InChI is InChI=1S/C16H24FN/c1-3-4-5-6-7-8-16(18-2)13-14-9-11-15(17)12-10-14/h3,9-12,16,18H,1,4-8,13H2,2H3. The molecule has 18 heavy (non-hydrogen) atoms. The third-order valence-electron chi connectivity index (χ3n) is 3.26. The molecule has 0 radical (unpaired) electrons. The van der Waals surface area contributed by atoms with Gasteiger partial charge in [-0.2, -0.15) is 0 Å². The lowest BCUT2D eigenvalue weighted by Gasteiger charge is -2.16. The highest BCUT2D eigenvalue weighted by Crippen LogP contribution is 2.11. The first kappa shape index (κ1) is 14.9. The molecule has 0 amide bonds. The van der Waals surface area contributed by atoms with Crippen molar-refractivity contribution < 1.29 is 4.39 Å². The van der Waals surface area contributed by atoms with Gasteiger partial charge in [-0.25, -0.2) is 4.39 Å². The van der Waals surface area contributed by atoms with Gasteiger partial charge in [0.15, 0.2) is 0 Å². The molecule has 0 heterocycles. The Bertz CT molecular complexity index is 331. The molecular weight excluding hydrogens is 225 g/mol. The molecule has 0 fully saturated rings. The molecule has 1 atom stereocenters. The van der Waals surface area contributed by atoms with E-state index in [0.717, 1.165) is 12.8 Å². The summed E-state index contributed by atoms with van der Waals surface area (Å²) in [6.07, 6.45) is 8.96. The normalized spacial score (nSPS) is 12.3. The van der Waals surface area contributed by atoms with E-state index in [4.69, 9.17) is 0 Å². The van der Waals surface area contributed by atoms with Gasteiger partial charge in [0.05, 0.1) is 0 Å². The second kappa shape index (κ2) is 8.87. The Balaban J connectivity index is 2.28. The number of nitrogens with one attached hydrogen (secondary N) is 1. The van der Waals surface area contributed by atoms with Gasteiger partial charge < -0.3 is 5.32 Å². The minimum atomic E-state index is -0.163. The van der Waals surface area contributed by atoms with E-state index in [-0.39, 0.29) is 5.82 Å². The molecule has 0 bridgehead atoms. The van der Waals surface area contributed by atoms with Gasteiger partial charge in [-0.1, -0.05) is 31.1 Å². The fraction of sp³-hybridized carbons (Fsp3) is 0.500. The van der Waals surface area contributed by atoms with Crippen molar-refractivity contribution in [1.82, 2.24) is 5.32 Å². The van der Waals surface area contributed by atoms with Crippen LogP contribution in [0, 0.1) is 5.82 Å². The molecular formula is C16H24FN. The summed E-state index contributed by atoms with van der Waals surface area (Å²) in [5.74, 6) is -0.163. The summed E-state index contributed by atoms with van der Waals surface area (Å²) in [4.78, 5) is 0. The predicted octanol–water partition coefficient (Wildman–Crippen LogP) is 4.09. The zero-order valence-corrected chi connectivity index (χ0v) is 11.3. The van der Waals surface area contributed by atoms with Gasteiger partial charge in [0.2, 0.25) is 0 Å². The Hall–Kier alpha value is -1.15. The van der Waals surface area contributed by atoms with Gasteiger partial charge in [0.1, 0.15) is 5.82 Å². The molecule has 1 aromatic rings. The molecule has 0 aliphatic heterocycles. The Labute approximate surface area is 110 Å². The Morgan fingerprint density at radius 2 is 1.94 bits per heavy atom. The van der Waals surface area contributed by atoms with Crippen LogP contribution in [0.2, 0.25) is 0 Å². The average Bonchev–Trinajstić information content (AvgIpc) is 2.39. The van der Waals surface area contributed by atoms with Gasteiger partial charge in [-0.05, 0) is 50.4 Å². The van der Waals surface area contributed by atoms with Crippen LogP contribution in [-0.4, -0.2) is 13.1 Å². The highest BCUT2D eigenvalue weighted by Gasteiger charge is 2.06. The lowest BCUT2D eigenvalue weighted by Crippen LogP contribution is -2.27. The van der Waals surface area contributed by atoms with Crippen molar-refractivity contribution in [2.24, 2.45) is 0 Å². The molecule has 1 aromatic carbocycles. The quantitative estimate of drug-likeness (QED) is 0.513. The minimum Gasteiger partial charge on any atom is -0.317 e. The highest BCUT2D eigenvalue weighted by atomic mass is 19.1. The SMILES string of the molecule is C=CCCCCCC(Cc1ccc(F)cc1)NC. The molecule has 0 aliphatic rings. The molecule has 1 N–H and O–H groups in total. The largest absolute Gasteiger partial charge is 0.317 e. The molecule has 0 saturated heterocycles. The van der Waals surface area contributed by atoms with Crippen LogP contribution in [-0.2, 0) is 6.42 Å². The van der Waals surface area contributed by atoms with Crippen molar-refractivity contribution in [3.05, 3.63) is 48.3 Å². The van der Waals surface area contributed by atoms with E-state index in [0.29, 0.717) is 6.04 Å². The van der Waals surface area contributed by atoms with Gasteiger partial charge in [-0.3, -0.25) is 0 Å². The molecule has 0 saturated carbocycles. The molecule has 0 aromatic heterocycles. The number of allylic oxidation sites excluding steroid dienone is 1. The van der Waals surface area contributed by atoms with Gasteiger partial charge >= 0.3 is 0 Å². The van der Waals surface area contributed by atoms with Gasteiger partial charge in [0, 0.05) is 6.04 Å². The molecule has 2 heteroatoms. The van der Waals surface area contributed by atoms with Crippen molar-refractivity contribution in [3.63, 3.8) is 0 Å². The molecule has 0 spiro atoms. The van der Waals surface area contributed by atoms with Crippen LogP contribution in [0.5, 0.6) is 0 Å².